The van der Waals surface area contributed by atoms with Gasteiger partial charge >= 0.3 is 0 Å². The van der Waals surface area contributed by atoms with E-state index in [9.17, 15) is 0 Å². The number of rotatable bonds is 0. The smallest absolute Gasteiger partial charge is 0.113 e. The van der Waals surface area contributed by atoms with Crippen molar-refractivity contribution in [3.63, 3.8) is 0 Å². The molecule has 18 N–H and O–H groups in total. The minimum atomic E-state index is -4.19. The van der Waals surface area contributed by atoms with Gasteiger partial charge < -0.3 is 0 Å². The van der Waals surface area contributed by atoms with Crippen LogP contribution in [0, 0.1) is 0 Å². The maximum absolute atomic E-state index is 5.32. The van der Waals surface area contributed by atoms with Crippen LogP contribution >= 0.6 is 19.4 Å². The topological polar surface area (TPSA) is 234 Å². The third-order valence-electron chi connectivity index (χ3n) is 0.992. The molecule has 0 bridgehead atoms. The average molecular weight is 221 g/mol. The summed E-state index contributed by atoms with van der Waals surface area (Å²) in [5.74, 6) is 0. The van der Waals surface area contributed by atoms with Gasteiger partial charge in [0, 0.05) is 0 Å². The molecule has 0 radical (unpaired) electrons. The van der Waals surface area contributed by atoms with Gasteiger partial charge in [0.25, 0.3) is 0 Å². The van der Waals surface area contributed by atoms with E-state index in [-0.39, 0.29) is 0 Å². The summed E-state index contributed by atoms with van der Waals surface area (Å²) in [4.78, 5) is 0. The third-order valence-corrected chi connectivity index (χ3v) is 5.51. The summed E-state index contributed by atoms with van der Waals surface area (Å²) in [5, 5.41) is 42.4. The van der Waals surface area contributed by atoms with Gasteiger partial charge in [-0.05, 0) is 9.49 Å². The molecule has 0 saturated carbocycles. The Labute approximate surface area is 71.1 Å². The third kappa shape index (κ3) is 3.30. The molecule has 0 rings (SSSR count). The van der Waals surface area contributed by atoms with Gasteiger partial charge in [-0.25, -0.2) is 0 Å². The molecule has 0 aromatic heterocycles. The van der Waals surface area contributed by atoms with E-state index in [1.165, 1.54) is 0 Å². The highest BCUT2D eigenvalue weighted by atomic mass is 32.4. The summed E-state index contributed by atoms with van der Waals surface area (Å²) in [6.45, 7) is 0. The van der Waals surface area contributed by atoms with E-state index in [0.29, 0.717) is 0 Å². The van der Waals surface area contributed by atoms with Crippen molar-refractivity contribution in [3.8, 4) is 0 Å². The standard InChI is InChI=1S/CH19N9S2/c2-1(11(3,4,5)6)12(7,8,9)10/h11H,2-10H2. The summed E-state index contributed by atoms with van der Waals surface area (Å²) >= 11 is 0. The number of hydrogen-bond donors (Lipinski definition) is 10. The normalized spacial score (nSPS) is 20.4. The first-order valence-electron chi connectivity index (χ1n) is 2.69. The van der Waals surface area contributed by atoms with Crippen LogP contribution in [-0.2, 0) is 0 Å². The number of hydrogen-bond acceptors (Lipinski definition) is 8. The molecule has 0 saturated heterocycles. The first-order valence-corrected chi connectivity index (χ1v) is 7.50. The maximum atomic E-state index is 5.32. The predicted octanol–water partition coefficient (Wildman–Crippen LogP) is -4.57. The van der Waals surface area contributed by atoms with Crippen LogP contribution in [-0.4, -0.2) is 4.32 Å². The summed E-state index contributed by atoms with van der Waals surface area (Å²) in [6, 6.07) is 0. The van der Waals surface area contributed by atoms with Crippen LogP contribution in [0.4, 0.5) is 0 Å². The molecule has 0 aliphatic carbocycles. The Balaban J connectivity index is 5.72. The Morgan fingerprint density at radius 1 is 0.833 bits per heavy atom. The van der Waals surface area contributed by atoms with Crippen molar-refractivity contribution in [3.05, 3.63) is 0 Å². The van der Waals surface area contributed by atoms with E-state index in [1.54, 1.807) is 0 Å². The van der Waals surface area contributed by atoms with Crippen molar-refractivity contribution in [1.82, 2.24) is 0 Å². The fraction of sp³-hybridized carbons (Fsp3) is 0. The van der Waals surface area contributed by atoms with Crippen molar-refractivity contribution in [1.29, 1.82) is 0 Å². The van der Waals surface area contributed by atoms with Crippen molar-refractivity contribution in [2.24, 2.45) is 46.8 Å². The van der Waals surface area contributed by atoms with Crippen LogP contribution < -0.4 is 46.8 Å². The molecule has 9 nitrogen and oxygen atoms in total. The highest BCUT2D eigenvalue weighted by Crippen LogP contribution is 2.43. The summed E-state index contributed by atoms with van der Waals surface area (Å²) in [6.07, 6.45) is 0. The van der Waals surface area contributed by atoms with Gasteiger partial charge in [-0.15, -0.1) is 9.91 Å². The van der Waals surface area contributed by atoms with E-state index < -0.39 is 23.7 Å². The van der Waals surface area contributed by atoms with Gasteiger partial charge in [-0.3, -0.25) is 46.8 Å². The zero-order valence-electron chi connectivity index (χ0n) is 6.55. The largest absolute Gasteiger partial charge is 0.289 e. The molecule has 12 heavy (non-hydrogen) atoms. The Morgan fingerprint density at radius 2 is 1.08 bits per heavy atom. The molecular formula is CH19N9S2. The van der Waals surface area contributed by atoms with Crippen LogP contribution in [0.1, 0.15) is 0 Å². The molecular weight excluding hydrogens is 202 g/mol. The molecule has 0 heterocycles. The quantitative estimate of drug-likeness (QED) is 0.140. The first-order chi connectivity index (χ1) is 4.67. The van der Waals surface area contributed by atoms with Crippen LogP contribution in [0.2, 0.25) is 0 Å². The van der Waals surface area contributed by atoms with Crippen LogP contribution in [0.15, 0.2) is 0 Å². The predicted molar refractivity (Wildman–Crippen MR) is 59.3 cm³/mol. The zero-order valence-corrected chi connectivity index (χ0v) is 8.26. The summed E-state index contributed by atoms with van der Waals surface area (Å²) < 4.78 is -0.502. The number of nitrogens with two attached hydrogens (primary N) is 9. The average Bonchev–Trinajstić information content (AvgIpc) is 1.54. The lowest BCUT2D eigenvalue weighted by atomic mass is 11.5. The molecule has 0 aliphatic heterocycles. The molecule has 0 amide bonds. The molecule has 0 fully saturated rings. The van der Waals surface area contributed by atoms with E-state index in [0.717, 1.165) is 0 Å². The van der Waals surface area contributed by atoms with Crippen LogP contribution in [0.3, 0.4) is 0 Å². The Hall–Kier alpha value is 0.210. The Kier molecular flexibility index (Phi) is 2.21. The van der Waals surface area contributed by atoms with Crippen LogP contribution in [0.25, 0.3) is 0 Å². The van der Waals surface area contributed by atoms with Crippen molar-refractivity contribution in [2.75, 3.05) is 0 Å². The zero-order chi connectivity index (χ0) is 10.5. The Morgan fingerprint density at radius 3 is 1.08 bits per heavy atom. The fourth-order valence-corrected chi connectivity index (χ4v) is 4.38. The summed E-state index contributed by atoms with van der Waals surface area (Å²) in [7, 11) is -8.12. The van der Waals surface area contributed by atoms with Crippen molar-refractivity contribution in [2.45, 2.75) is 0 Å². The minimum absolute atomic E-state index is 0.502. The second-order valence-corrected chi connectivity index (χ2v) is 9.66. The van der Waals surface area contributed by atoms with E-state index in [1.807, 2.05) is 0 Å². The highest BCUT2D eigenvalue weighted by molar-refractivity contribution is 8.65. The van der Waals surface area contributed by atoms with Crippen molar-refractivity contribution < 1.29 is 0 Å². The van der Waals surface area contributed by atoms with Crippen LogP contribution in [0.5, 0.6) is 0 Å². The van der Waals surface area contributed by atoms with Gasteiger partial charge in [0.15, 0.2) is 0 Å². The van der Waals surface area contributed by atoms with Gasteiger partial charge in [0.2, 0.25) is 0 Å². The number of thiol groups is 1. The maximum Gasteiger partial charge on any atom is 0.113 e. The van der Waals surface area contributed by atoms with E-state index in [4.69, 9.17) is 46.8 Å². The monoisotopic (exact) mass is 221 g/mol. The molecule has 0 aliphatic rings. The van der Waals surface area contributed by atoms with Gasteiger partial charge in [-0.1, -0.05) is 0 Å². The lowest BCUT2D eigenvalue weighted by molar-refractivity contribution is 1.52. The summed E-state index contributed by atoms with van der Waals surface area (Å²) in [5.41, 5.74) is 5.32. The fourth-order valence-electron chi connectivity index (χ4n) is 0.487. The molecule has 0 unspecified atom stereocenters. The molecule has 0 aromatic rings. The SMILES string of the molecule is NC(=S(N)(N)(N)N)[SH](N)(N)(N)N. The highest BCUT2D eigenvalue weighted by Gasteiger charge is 2.31. The Bertz CT molecular complexity index is 240. The van der Waals surface area contributed by atoms with Gasteiger partial charge in [0.1, 0.15) is 4.32 Å². The molecule has 0 aromatic carbocycles. The second kappa shape index (κ2) is 2.17. The molecule has 0 atom stereocenters. The lowest BCUT2D eigenvalue weighted by Gasteiger charge is -2.54. The van der Waals surface area contributed by atoms with Gasteiger partial charge in [0.05, 0.1) is 0 Å². The van der Waals surface area contributed by atoms with E-state index in [2.05, 4.69) is 0 Å². The van der Waals surface area contributed by atoms with E-state index >= 15 is 0 Å². The van der Waals surface area contributed by atoms with Crippen molar-refractivity contribution >= 4 is 23.7 Å². The van der Waals surface area contributed by atoms with Gasteiger partial charge in [-0.2, -0.15) is 0 Å². The lowest BCUT2D eigenvalue weighted by Crippen LogP contribution is -2.65. The first kappa shape index (κ1) is 12.2. The minimum Gasteiger partial charge on any atom is -0.289 e. The molecule has 11 heteroatoms. The second-order valence-electron chi connectivity index (χ2n) is 3.04. The molecule has 0 spiro atoms. The molecule has 80 valence electrons.